The van der Waals surface area contributed by atoms with Gasteiger partial charge < -0.3 is 9.84 Å². The summed E-state index contributed by atoms with van der Waals surface area (Å²) in [5.41, 5.74) is 1.93. The summed E-state index contributed by atoms with van der Waals surface area (Å²) < 4.78 is 5.96. The van der Waals surface area contributed by atoms with Gasteiger partial charge >= 0.3 is 5.97 Å². The van der Waals surface area contributed by atoms with Gasteiger partial charge in [-0.2, -0.15) is 0 Å². The van der Waals surface area contributed by atoms with Crippen LogP contribution in [0.2, 0.25) is 0 Å². The molecular formula is C18H24O3. The van der Waals surface area contributed by atoms with Crippen LogP contribution in [0.15, 0.2) is 24.3 Å². The highest BCUT2D eigenvalue weighted by Crippen LogP contribution is 2.44. The van der Waals surface area contributed by atoms with E-state index in [2.05, 4.69) is 18.2 Å². The maximum absolute atomic E-state index is 12.0. The monoisotopic (exact) mass is 288 g/mol. The molecule has 0 radical (unpaired) electrons. The van der Waals surface area contributed by atoms with Crippen LogP contribution in [-0.2, 0) is 16.0 Å². The maximum Gasteiger partial charge on any atom is 0.309 e. The highest BCUT2D eigenvalue weighted by molar-refractivity contribution is 5.74. The van der Waals surface area contributed by atoms with Crippen molar-refractivity contribution >= 4 is 5.97 Å². The lowest BCUT2D eigenvalue weighted by atomic mass is 9.74. The van der Waals surface area contributed by atoms with Crippen LogP contribution in [0.1, 0.15) is 62.2 Å². The van der Waals surface area contributed by atoms with Crippen LogP contribution in [-0.4, -0.2) is 17.7 Å². The highest BCUT2D eigenvalue weighted by Gasteiger charge is 2.42. The molecule has 1 heterocycles. The standard InChI is InChI=1S/C18H24O3/c19-17(20)18(10-5-1-2-6-11-18)13-16-15-8-4-3-7-14(15)9-12-21-16/h3-4,7-8,16H,1-2,5-6,9-13H2,(H,19,20). The lowest BCUT2D eigenvalue weighted by molar-refractivity contribution is -0.153. The minimum absolute atomic E-state index is 0.0517. The first-order valence-electron chi connectivity index (χ1n) is 8.14. The Balaban J connectivity index is 1.85. The molecule has 1 saturated carbocycles. The van der Waals surface area contributed by atoms with Crippen molar-refractivity contribution < 1.29 is 14.6 Å². The second-order valence-corrected chi connectivity index (χ2v) is 6.51. The average molecular weight is 288 g/mol. The molecule has 0 spiro atoms. The first-order chi connectivity index (χ1) is 10.2. The molecule has 1 unspecified atom stereocenters. The number of carboxylic acid groups (broad SMARTS) is 1. The van der Waals surface area contributed by atoms with Gasteiger partial charge in [-0.15, -0.1) is 0 Å². The van der Waals surface area contributed by atoms with Gasteiger partial charge in [0.05, 0.1) is 18.1 Å². The lowest BCUT2D eigenvalue weighted by Crippen LogP contribution is -2.34. The van der Waals surface area contributed by atoms with Gasteiger partial charge in [-0.1, -0.05) is 49.9 Å². The molecule has 1 fully saturated rings. The molecular weight excluding hydrogens is 264 g/mol. The van der Waals surface area contributed by atoms with Gasteiger partial charge in [-0.3, -0.25) is 4.79 Å². The van der Waals surface area contributed by atoms with Gasteiger partial charge in [0.2, 0.25) is 0 Å². The Labute approximate surface area is 126 Å². The Bertz CT molecular complexity index is 501. The fourth-order valence-electron chi connectivity index (χ4n) is 3.91. The van der Waals surface area contributed by atoms with Crippen molar-refractivity contribution in [2.24, 2.45) is 5.41 Å². The van der Waals surface area contributed by atoms with E-state index in [9.17, 15) is 9.90 Å². The Hall–Kier alpha value is -1.35. The Kier molecular flexibility index (Phi) is 4.29. The van der Waals surface area contributed by atoms with Crippen molar-refractivity contribution in [1.29, 1.82) is 0 Å². The largest absolute Gasteiger partial charge is 0.481 e. The molecule has 1 N–H and O–H groups in total. The topological polar surface area (TPSA) is 46.5 Å². The van der Waals surface area contributed by atoms with Crippen LogP contribution in [0.25, 0.3) is 0 Å². The minimum atomic E-state index is -0.629. The summed E-state index contributed by atoms with van der Waals surface area (Å²) in [6.07, 6.45) is 7.49. The number of benzene rings is 1. The summed E-state index contributed by atoms with van der Waals surface area (Å²) in [7, 11) is 0. The molecule has 1 aromatic rings. The van der Waals surface area contributed by atoms with Gasteiger partial charge in [-0.05, 0) is 36.8 Å². The smallest absolute Gasteiger partial charge is 0.309 e. The molecule has 1 atom stereocenters. The number of ether oxygens (including phenoxy) is 1. The number of carbonyl (C=O) groups is 1. The van der Waals surface area contributed by atoms with Crippen LogP contribution in [0.3, 0.4) is 0 Å². The Morgan fingerprint density at radius 3 is 2.62 bits per heavy atom. The minimum Gasteiger partial charge on any atom is -0.481 e. The van der Waals surface area contributed by atoms with E-state index in [0.717, 1.165) is 44.9 Å². The van der Waals surface area contributed by atoms with E-state index in [0.29, 0.717) is 13.0 Å². The number of rotatable bonds is 3. The zero-order valence-corrected chi connectivity index (χ0v) is 12.5. The molecule has 1 aliphatic heterocycles. The quantitative estimate of drug-likeness (QED) is 0.851. The fourth-order valence-corrected chi connectivity index (χ4v) is 3.91. The number of hydrogen-bond acceptors (Lipinski definition) is 2. The van der Waals surface area contributed by atoms with Gasteiger partial charge in [0.1, 0.15) is 0 Å². The van der Waals surface area contributed by atoms with E-state index in [4.69, 9.17) is 4.74 Å². The molecule has 114 valence electrons. The predicted molar refractivity (Wildman–Crippen MR) is 81.2 cm³/mol. The first-order valence-corrected chi connectivity index (χ1v) is 8.14. The molecule has 1 aromatic carbocycles. The second-order valence-electron chi connectivity index (χ2n) is 6.51. The van der Waals surface area contributed by atoms with Crippen LogP contribution < -0.4 is 0 Å². The maximum atomic E-state index is 12.0. The predicted octanol–water partition coefficient (Wildman–Crippen LogP) is 4.12. The Morgan fingerprint density at radius 2 is 1.90 bits per heavy atom. The van der Waals surface area contributed by atoms with Crippen LogP contribution in [0.4, 0.5) is 0 Å². The van der Waals surface area contributed by atoms with Crippen molar-refractivity contribution in [2.45, 2.75) is 57.5 Å². The van der Waals surface area contributed by atoms with E-state index in [1.165, 1.54) is 11.1 Å². The van der Waals surface area contributed by atoms with Crippen LogP contribution in [0.5, 0.6) is 0 Å². The van der Waals surface area contributed by atoms with Gasteiger partial charge in [0, 0.05) is 0 Å². The molecule has 1 aliphatic carbocycles. The summed E-state index contributed by atoms with van der Waals surface area (Å²) in [5.74, 6) is -0.629. The summed E-state index contributed by atoms with van der Waals surface area (Å²) in [4.78, 5) is 12.0. The number of fused-ring (bicyclic) bond motifs is 1. The number of hydrogen-bond donors (Lipinski definition) is 1. The van der Waals surface area contributed by atoms with Crippen LogP contribution in [0, 0.1) is 5.41 Å². The van der Waals surface area contributed by atoms with Gasteiger partial charge in [-0.25, -0.2) is 0 Å². The molecule has 0 amide bonds. The van der Waals surface area contributed by atoms with E-state index in [1.807, 2.05) is 6.07 Å². The van der Waals surface area contributed by atoms with Crippen molar-refractivity contribution in [3.05, 3.63) is 35.4 Å². The lowest BCUT2D eigenvalue weighted by Gasteiger charge is -2.35. The molecule has 3 nitrogen and oxygen atoms in total. The zero-order valence-electron chi connectivity index (χ0n) is 12.5. The third kappa shape index (κ3) is 2.98. The van der Waals surface area contributed by atoms with Gasteiger partial charge in [0.25, 0.3) is 0 Å². The summed E-state index contributed by atoms with van der Waals surface area (Å²) in [6.45, 7) is 0.706. The van der Waals surface area contributed by atoms with E-state index < -0.39 is 11.4 Å². The highest BCUT2D eigenvalue weighted by atomic mass is 16.5. The number of aliphatic carboxylic acids is 1. The van der Waals surface area contributed by atoms with E-state index >= 15 is 0 Å². The van der Waals surface area contributed by atoms with Crippen LogP contribution >= 0.6 is 0 Å². The number of carboxylic acids is 1. The average Bonchev–Trinajstić information content (AvgIpc) is 2.74. The normalized spacial score (nSPS) is 24.9. The second kappa shape index (κ2) is 6.18. The fraction of sp³-hybridized carbons (Fsp3) is 0.611. The third-order valence-corrected chi connectivity index (χ3v) is 5.18. The molecule has 0 bridgehead atoms. The summed E-state index contributed by atoms with van der Waals surface area (Å²) in [6, 6.07) is 8.33. The van der Waals surface area contributed by atoms with Crippen molar-refractivity contribution in [1.82, 2.24) is 0 Å². The van der Waals surface area contributed by atoms with Crippen molar-refractivity contribution in [3.63, 3.8) is 0 Å². The first kappa shape index (κ1) is 14.6. The third-order valence-electron chi connectivity index (χ3n) is 5.18. The molecule has 2 aliphatic rings. The van der Waals surface area contributed by atoms with Crippen molar-refractivity contribution in [3.8, 4) is 0 Å². The molecule has 3 heteroatoms. The van der Waals surface area contributed by atoms with Gasteiger partial charge in [0.15, 0.2) is 0 Å². The zero-order chi connectivity index (χ0) is 14.7. The molecule has 3 rings (SSSR count). The van der Waals surface area contributed by atoms with E-state index in [-0.39, 0.29) is 6.10 Å². The summed E-state index contributed by atoms with van der Waals surface area (Å²) >= 11 is 0. The van der Waals surface area contributed by atoms with E-state index in [1.54, 1.807) is 0 Å². The summed E-state index contributed by atoms with van der Waals surface area (Å²) in [5, 5.41) is 9.84. The Morgan fingerprint density at radius 1 is 1.19 bits per heavy atom. The molecule has 21 heavy (non-hydrogen) atoms. The molecule has 0 aromatic heterocycles. The van der Waals surface area contributed by atoms with Crippen molar-refractivity contribution in [2.75, 3.05) is 6.61 Å². The SMILES string of the molecule is O=C(O)C1(CC2OCCc3ccccc32)CCCCCC1. The molecule has 0 saturated heterocycles.